The molecule has 0 bridgehead atoms. The minimum Gasteiger partial charge on any atom is -0.381 e. The molecule has 0 saturated carbocycles. The number of hydrogen-bond donors (Lipinski definition) is 2. The molecule has 5 heteroatoms. The van der Waals surface area contributed by atoms with E-state index in [0.717, 1.165) is 38.2 Å². The Hall–Kier alpha value is -1.20. The first-order valence-corrected chi connectivity index (χ1v) is 8.18. The maximum absolute atomic E-state index is 12.1. The van der Waals surface area contributed by atoms with E-state index in [1.807, 2.05) is 17.8 Å². The molecular formula is C15H20N2O2S. The minimum absolute atomic E-state index is 0.0522. The van der Waals surface area contributed by atoms with Crippen LogP contribution in [0.25, 0.3) is 0 Å². The highest BCUT2D eigenvalue weighted by molar-refractivity contribution is 7.99. The fraction of sp³-hybridized carbons (Fsp3) is 0.533. The topological polar surface area (TPSA) is 50.4 Å². The quantitative estimate of drug-likeness (QED) is 0.881. The highest BCUT2D eigenvalue weighted by Gasteiger charge is 2.23. The fourth-order valence-electron chi connectivity index (χ4n) is 2.72. The predicted molar refractivity (Wildman–Crippen MR) is 80.0 cm³/mol. The SMILES string of the molecule is O=C(NC1CCOCC1)NC1CCSc2ccccc21. The summed E-state index contributed by atoms with van der Waals surface area (Å²) in [7, 11) is 0. The second-order valence-electron chi connectivity index (χ2n) is 5.23. The molecule has 0 radical (unpaired) electrons. The van der Waals surface area contributed by atoms with Crippen LogP contribution in [0.2, 0.25) is 0 Å². The number of nitrogens with one attached hydrogen (secondary N) is 2. The van der Waals surface area contributed by atoms with Gasteiger partial charge in [-0.25, -0.2) is 4.79 Å². The van der Waals surface area contributed by atoms with E-state index in [-0.39, 0.29) is 18.1 Å². The third-order valence-electron chi connectivity index (χ3n) is 3.82. The highest BCUT2D eigenvalue weighted by atomic mass is 32.2. The Bertz CT molecular complexity index is 475. The molecule has 1 aromatic carbocycles. The Morgan fingerprint density at radius 3 is 2.80 bits per heavy atom. The summed E-state index contributed by atoms with van der Waals surface area (Å²) in [5, 5.41) is 6.18. The average Bonchev–Trinajstić information content (AvgIpc) is 2.48. The number of fused-ring (bicyclic) bond motifs is 1. The Labute approximate surface area is 123 Å². The summed E-state index contributed by atoms with van der Waals surface area (Å²) in [6.45, 7) is 1.49. The molecule has 2 amide bonds. The molecule has 1 fully saturated rings. The van der Waals surface area contributed by atoms with E-state index in [1.165, 1.54) is 10.5 Å². The summed E-state index contributed by atoms with van der Waals surface area (Å²) in [6.07, 6.45) is 2.80. The van der Waals surface area contributed by atoms with E-state index in [0.29, 0.717) is 0 Å². The van der Waals surface area contributed by atoms with Crippen molar-refractivity contribution in [1.82, 2.24) is 10.6 Å². The summed E-state index contributed by atoms with van der Waals surface area (Å²) < 4.78 is 5.30. The normalized spacial score (nSPS) is 22.9. The summed E-state index contributed by atoms with van der Waals surface area (Å²) in [5.41, 5.74) is 1.24. The summed E-state index contributed by atoms with van der Waals surface area (Å²) in [6, 6.07) is 8.66. The molecule has 1 unspecified atom stereocenters. The van der Waals surface area contributed by atoms with Crippen molar-refractivity contribution in [1.29, 1.82) is 0 Å². The van der Waals surface area contributed by atoms with Gasteiger partial charge in [-0.1, -0.05) is 18.2 Å². The van der Waals surface area contributed by atoms with Gasteiger partial charge in [0.25, 0.3) is 0 Å². The van der Waals surface area contributed by atoms with Gasteiger partial charge in [-0.15, -0.1) is 11.8 Å². The van der Waals surface area contributed by atoms with Gasteiger partial charge in [0.2, 0.25) is 0 Å². The number of carbonyl (C=O) groups is 1. The molecule has 4 nitrogen and oxygen atoms in total. The zero-order chi connectivity index (χ0) is 13.8. The molecule has 1 aromatic rings. The van der Waals surface area contributed by atoms with Crippen molar-refractivity contribution in [3.63, 3.8) is 0 Å². The van der Waals surface area contributed by atoms with Crippen LogP contribution in [0.5, 0.6) is 0 Å². The van der Waals surface area contributed by atoms with E-state index in [9.17, 15) is 4.79 Å². The van der Waals surface area contributed by atoms with Crippen molar-refractivity contribution in [3.8, 4) is 0 Å². The zero-order valence-electron chi connectivity index (χ0n) is 11.4. The molecule has 2 aliphatic rings. The number of benzene rings is 1. The summed E-state index contributed by atoms with van der Waals surface area (Å²) in [5.74, 6) is 1.05. The van der Waals surface area contributed by atoms with Gasteiger partial charge >= 0.3 is 6.03 Å². The maximum atomic E-state index is 12.1. The second kappa shape index (κ2) is 6.50. The van der Waals surface area contributed by atoms with Crippen LogP contribution < -0.4 is 10.6 Å². The predicted octanol–water partition coefficient (Wildman–Crippen LogP) is 2.70. The van der Waals surface area contributed by atoms with Crippen LogP contribution >= 0.6 is 11.8 Å². The second-order valence-corrected chi connectivity index (χ2v) is 6.37. The molecule has 0 aliphatic carbocycles. The molecule has 1 atom stereocenters. The number of hydrogen-bond acceptors (Lipinski definition) is 3. The van der Waals surface area contributed by atoms with E-state index in [1.54, 1.807) is 0 Å². The Balaban J connectivity index is 1.59. The Morgan fingerprint density at radius 1 is 1.15 bits per heavy atom. The lowest BCUT2D eigenvalue weighted by Gasteiger charge is -2.28. The van der Waals surface area contributed by atoms with E-state index < -0.39 is 0 Å². The van der Waals surface area contributed by atoms with Gasteiger partial charge in [-0.2, -0.15) is 0 Å². The van der Waals surface area contributed by atoms with Crippen LogP contribution in [0.3, 0.4) is 0 Å². The number of urea groups is 1. The van der Waals surface area contributed by atoms with Crippen LogP contribution in [0.4, 0.5) is 4.79 Å². The number of thioether (sulfide) groups is 1. The number of ether oxygens (including phenoxy) is 1. The largest absolute Gasteiger partial charge is 0.381 e. The lowest BCUT2D eigenvalue weighted by atomic mass is 10.0. The Kier molecular flexibility index (Phi) is 4.47. The first-order valence-electron chi connectivity index (χ1n) is 7.19. The standard InChI is InChI=1S/C15H20N2O2S/c18-15(16-11-5-8-19-9-6-11)17-13-7-10-20-14-4-2-1-3-12(13)14/h1-4,11,13H,5-10H2,(H2,16,17,18). The van der Waals surface area contributed by atoms with Crippen LogP contribution in [0.15, 0.2) is 29.2 Å². The monoisotopic (exact) mass is 292 g/mol. The molecule has 0 aromatic heterocycles. The first kappa shape index (κ1) is 13.8. The first-order chi connectivity index (χ1) is 9.83. The molecule has 3 rings (SSSR count). The molecule has 2 N–H and O–H groups in total. The van der Waals surface area contributed by atoms with Gasteiger partial charge < -0.3 is 15.4 Å². The van der Waals surface area contributed by atoms with Crippen LogP contribution in [0.1, 0.15) is 30.9 Å². The van der Waals surface area contributed by atoms with Gasteiger partial charge in [0.1, 0.15) is 0 Å². The third kappa shape index (κ3) is 3.27. The third-order valence-corrected chi connectivity index (χ3v) is 4.94. The van der Waals surface area contributed by atoms with Crippen molar-refractivity contribution in [2.45, 2.75) is 36.2 Å². The molecule has 20 heavy (non-hydrogen) atoms. The molecule has 0 spiro atoms. The fourth-order valence-corrected chi connectivity index (χ4v) is 3.84. The lowest BCUT2D eigenvalue weighted by Crippen LogP contribution is -2.46. The molecule has 2 aliphatic heterocycles. The van der Waals surface area contributed by atoms with Gasteiger partial charge in [0.05, 0.1) is 6.04 Å². The van der Waals surface area contributed by atoms with Crippen molar-refractivity contribution in [2.75, 3.05) is 19.0 Å². The molecule has 2 heterocycles. The van der Waals surface area contributed by atoms with Gasteiger partial charge in [0, 0.05) is 29.9 Å². The average molecular weight is 292 g/mol. The van der Waals surface area contributed by atoms with Crippen molar-refractivity contribution < 1.29 is 9.53 Å². The van der Waals surface area contributed by atoms with Crippen molar-refractivity contribution in [2.24, 2.45) is 0 Å². The van der Waals surface area contributed by atoms with Crippen molar-refractivity contribution >= 4 is 17.8 Å². The van der Waals surface area contributed by atoms with E-state index in [2.05, 4.69) is 28.8 Å². The van der Waals surface area contributed by atoms with Gasteiger partial charge in [-0.3, -0.25) is 0 Å². The maximum Gasteiger partial charge on any atom is 0.315 e. The van der Waals surface area contributed by atoms with Crippen molar-refractivity contribution in [3.05, 3.63) is 29.8 Å². The lowest BCUT2D eigenvalue weighted by molar-refractivity contribution is 0.0799. The number of amides is 2. The summed E-state index contributed by atoms with van der Waals surface area (Å²) >= 11 is 1.87. The Morgan fingerprint density at radius 2 is 1.95 bits per heavy atom. The number of carbonyl (C=O) groups excluding carboxylic acids is 1. The van der Waals surface area contributed by atoms with E-state index in [4.69, 9.17) is 4.74 Å². The zero-order valence-corrected chi connectivity index (χ0v) is 12.2. The highest BCUT2D eigenvalue weighted by Crippen LogP contribution is 2.35. The van der Waals surface area contributed by atoms with Crippen LogP contribution in [-0.4, -0.2) is 31.0 Å². The van der Waals surface area contributed by atoms with Gasteiger partial charge in [0.15, 0.2) is 0 Å². The van der Waals surface area contributed by atoms with Crippen LogP contribution in [-0.2, 0) is 4.74 Å². The smallest absolute Gasteiger partial charge is 0.315 e. The molecule has 1 saturated heterocycles. The summed E-state index contributed by atoms with van der Waals surface area (Å²) in [4.78, 5) is 13.4. The van der Waals surface area contributed by atoms with E-state index >= 15 is 0 Å². The van der Waals surface area contributed by atoms with Crippen LogP contribution in [0, 0.1) is 0 Å². The number of rotatable bonds is 2. The van der Waals surface area contributed by atoms with Gasteiger partial charge in [-0.05, 0) is 30.9 Å². The molecular weight excluding hydrogens is 272 g/mol. The molecule has 108 valence electrons. The minimum atomic E-state index is -0.0522.